The highest BCUT2D eigenvalue weighted by molar-refractivity contribution is 7.88. The molecule has 22 heavy (non-hydrogen) atoms. The number of amides is 1. The average Bonchev–Trinajstić information content (AvgIpc) is 2.88. The average molecular weight is 341 g/mol. The zero-order valence-electron chi connectivity index (χ0n) is 12.4. The van der Waals surface area contributed by atoms with Gasteiger partial charge in [0, 0.05) is 30.3 Å². The molecule has 0 fully saturated rings. The highest BCUT2D eigenvalue weighted by Crippen LogP contribution is 2.30. The summed E-state index contributed by atoms with van der Waals surface area (Å²) in [6, 6.07) is 0. The number of hydrogen-bond acceptors (Lipinski definition) is 5. The van der Waals surface area contributed by atoms with Crippen LogP contribution in [-0.2, 0) is 27.8 Å². The molecule has 0 saturated carbocycles. The molecule has 1 aromatic heterocycles. The van der Waals surface area contributed by atoms with E-state index in [2.05, 4.69) is 16.4 Å². The molecule has 0 unspecified atom stereocenters. The van der Waals surface area contributed by atoms with Crippen LogP contribution in [0.1, 0.15) is 29.8 Å². The Balaban J connectivity index is 1.69. The van der Waals surface area contributed by atoms with Crippen molar-refractivity contribution in [3.8, 4) is 0 Å². The molecule has 0 radical (unpaired) electrons. The van der Waals surface area contributed by atoms with Gasteiger partial charge in [0.25, 0.3) is 0 Å². The van der Waals surface area contributed by atoms with Crippen molar-refractivity contribution < 1.29 is 13.2 Å². The van der Waals surface area contributed by atoms with Crippen molar-refractivity contribution in [2.75, 3.05) is 18.1 Å². The normalized spacial score (nSPS) is 22.3. The van der Waals surface area contributed by atoms with Gasteiger partial charge in [-0.05, 0) is 19.3 Å². The highest BCUT2D eigenvalue weighted by atomic mass is 32.2. The molecule has 0 saturated heterocycles. The maximum Gasteiger partial charge on any atom is 0.229 e. The fourth-order valence-electron chi connectivity index (χ4n) is 2.75. The van der Waals surface area contributed by atoms with Gasteiger partial charge in [-0.25, -0.2) is 13.4 Å². The van der Waals surface area contributed by atoms with Crippen molar-refractivity contribution in [1.29, 1.82) is 0 Å². The summed E-state index contributed by atoms with van der Waals surface area (Å²) in [7, 11) is -3.18. The fourth-order valence-corrected chi connectivity index (χ4v) is 4.64. The third-order valence-electron chi connectivity index (χ3n) is 4.04. The molecule has 120 valence electrons. The van der Waals surface area contributed by atoms with E-state index < -0.39 is 10.0 Å². The van der Waals surface area contributed by atoms with Gasteiger partial charge < -0.3 is 5.32 Å². The van der Waals surface area contributed by atoms with Crippen molar-refractivity contribution in [2.24, 2.45) is 5.92 Å². The Kier molecular flexibility index (Phi) is 4.33. The zero-order chi connectivity index (χ0) is 15.7. The van der Waals surface area contributed by atoms with Crippen LogP contribution in [0.5, 0.6) is 0 Å². The third kappa shape index (κ3) is 3.39. The van der Waals surface area contributed by atoms with Crippen LogP contribution in [-0.4, -0.2) is 36.4 Å². The van der Waals surface area contributed by atoms with Crippen LogP contribution >= 0.6 is 11.3 Å². The minimum atomic E-state index is -3.18. The Hall–Kier alpha value is -1.25. The number of rotatable bonds is 3. The van der Waals surface area contributed by atoms with Crippen LogP contribution in [0.15, 0.2) is 12.2 Å². The minimum Gasteiger partial charge on any atom is -0.302 e. The lowest BCUT2D eigenvalue weighted by atomic mass is 9.94. The van der Waals surface area contributed by atoms with Gasteiger partial charge in [0.05, 0.1) is 11.9 Å². The summed E-state index contributed by atoms with van der Waals surface area (Å²) in [5.41, 5.74) is 0.906. The van der Waals surface area contributed by atoms with Gasteiger partial charge >= 0.3 is 0 Å². The zero-order valence-corrected chi connectivity index (χ0v) is 14.0. The number of allylic oxidation sites excluding steroid dienone is 2. The summed E-state index contributed by atoms with van der Waals surface area (Å²) in [4.78, 5) is 17.6. The number of carbonyl (C=O) groups is 1. The molecule has 0 bridgehead atoms. The number of anilines is 1. The first-order valence-electron chi connectivity index (χ1n) is 7.33. The van der Waals surface area contributed by atoms with E-state index in [0.29, 0.717) is 24.6 Å². The molecule has 1 N–H and O–H groups in total. The number of nitrogens with zero attached hydrogens (tertiary/aromatic N) is 2. The van der Waals surface area contributed by atoms with Crippen molar-refractivity contribution in [3.05, 3.63) is 22.7 Å². The lowest BCUT2D eigenvalue weighted by Crippen LogP contribution is -2.34. The first-order chi connectivity index (χ1) is 10.4. The Morgan fingerprint density at radius 3 is 2.95 bits per heavy atom. The van der Waals surface area contributed by atoms with E-state index >= 15 is 0 Å². The van der Waals surface area contributed by atoms with E-state index in [0.717, 1.165) is 29.8 Å². The van der Waals surface area contributed by atoms with E-state index in [9.17, 15) is 13.2 Å². The first-order valence-corrected chi connectivity index (χ1v) is 9.99. The second kappa shape index (κ2) is 6.10. The number of carbonyl (C=O) groups excluding carboxylic acids is 1. The van der Waals surface area contributed by atoms with Gasteiger partial charge in [-0.2, -0.15) is 4.31 Å². The maximum atomic E-state index is 12.2. The lowest BCUT2D eigenvalue weighted by molar-refractivity contribution is -0.120. The van der Waals surface area contributed by atoms with E-state index in [4.69, 9.17) is 0 Å². The van der Waals surface area contributed by atoms with Gasteiger partial charge in [-0.3, -0.25) is 4.79 Å². The molecule has 2 aliphatic rings. The van der Waals surface area contributed by atoms with Crippen LogP contribution in [0.25, 0.3) is 0 Å². The van der Waals surface area contributed by atoms with E-state index in [-0.39, 0.29) is 11.8 Å². The summed E-state index contributed by atoms with van der Waals surface area (Å²) >= 11 is 1.38. The Labute approximate surface area is 134 Å². The molecule has 1 atom stereocenters. The standard InChI is InChI=1S/C14H19N3O3S2/c1-22(19,20)17-8-7-11-12(9-17)21-14(15-11)16-13(18)10-5-3-2-4-6-10/h2-3,10H,4-9H2,1H3,(H,15,16,18)/t10-/m0/s1. The van der Waals surface area contributed by atoms with Gasteiger partial charge in [-0.15, -0.1) is 11.3 Å². The molecule has 1 aliphatic heterocycles. The number of thiazole rings is 1. The predicted molar refractivity (Wildman–Crippen MR) is 86.2 cm³/mol. The van der Waals surface area contributed by atoms with Crippen molar-refractivity contribution >= 4 is 32.4 Å². The molecule has 8 heteroatoms. The summed E-state index contributed by atoms with van der Waals surface area (Å²) in [6.07, 6.45) is 8.55. The predicted octanol–water partition coefficient (Wildman–Crippen LogP) is 1.76. The molecule has 3 rings (SSSR count). The Morgan fingerprint density at radius 1 is 1.45 bits per heavy atom. The molecular weight excluding hydrogens is 322 g/mol. The van der Waals surface area contributed by atoms with Gasteiger partial charge in [0.15, 0.2) is 5.13 Å². The largest absolute Gasteiger partial charge is 0.302 e. The lowest BCUT2D eigenvalue weighted by Gasteiger charge is -2.23. The van der Waals surface area contributed by atoms with Crippen molar-refractivity contribution in [3.63, 3.8) is 0 Å². The quantitative estimate of drug-likeness (QED) is 0.850. The number of fused-ring (bicyclic) bond motifs is 1. The fraction of sp³-hybridized carbons (Fsp3) is 0.571. The third-order valence-corrected chi connectivity index (χ3v) is 6.28. The molecule has 0 aromatic carbocycles. The summed E-state index contributed by atoms with van der Waals surface area (Å²) in [5, 5.41) is 3.47. The first kappa shape index (κ1) is 15.6. The van der Waals surface area contributed by atoms with Crippen LogP contribution in [0.3, 0.4) is 0 Å². The summed E-state index contributed by atoms with van der Waals surface area (Å²) in [6.45, 7) is 0.810. The molecule has 0 spiro atoms. The van der Waals surface area contributed by atoms with Crippen LogP contribution in [0.4, 0.5) is 5.13 Å². The summed E-state index contributed by atoms with van der Waals surface area (Å²) < 4.78 is 24.7. The Bertz CT molecular complexity index is 709. The highest BCUT2D eigenvalue weighted by Gasteiger charge is 2.27. The second-order valence-corrected chi connectivity index (χ2v) is 8.77. The van der Waals surface area contributed by atoms with E-state index in [1.807, 2.05) is 6.08 Å². The monoisotopic (exact) mass is 341 g/mol. The van der Waals surface area contributed by atoms with Crippen molar-refractivity contribution in [2.45, 2.75) is 32.2 Å². The van der Waals surface area contributed by atoms with E-state index in [1.54, 1.807) is 0 Å². The second-order valence-electron chi connectivity index (χ2n) is 5.71. The molecule has 1 amide bonds. The van der Waals surface area contributed by atoms with Gasteiger partial charge in [0.1, 0.15) is 0 Å². The molecule has 1 aliphatic carbocycles. The van der Waals surface area contributed by atoms with Gasteiger partial charge in [-0.1, -0.05) is 12.2 Å². The minimum absolute atomic E-state index is 0.00964. The van der Waals surface area contributed by atoms with Crippen LogP contribution < -0.4 is 5.32 Å². The molecule has 6 nitrogen and oxygen atoms in total. The molecular formula is C14H19N3O3S2. The number of hydrogen-bond donors (Lipinski definition) is 1. The molecule has 1 aromatic rings. The van der Waals surface area contributed by atoms with Crippen LogP contribution in [0.2, 0.25) is 0 Å². The number of sulfonamides is 1. The Morgan fingerprint density at radius 2 is 2.27 bits per heavy atom. The number of nitrogens with one attached hydrogen (secondary N) is 1. The topological polar surface area (TPSA) is 79.4 Å². The van der Waals surface area contributed by atoms with E-state index in [1.165, 1.54) is 21.9 Å². The summed E-state index contributed by atoms with van der Waals surface area (Å²) in [5.74, 6) is 0.0221. The molecule has 2 heterocycles. The van der Waals surface area contributed by atoms with Crippen molar-refractivity contribution in [1.82, 2.24) is 9.29 Å². The maximum absolute atomic E-state index is 12.2. The SMILES string of the molecule is CS(=O)(=O)N1CCc2nc(NC(=O)[C@H]3CC=CCC3)sc2C1. The van der Waals surface area contributed by atoms with Gasteiger partial charge in [0.2, 0.25) is 15.9 Å². The smallest absolute Gasteiger partial charge is 0.229 e. The number of aromatic nitrogens is 1. The van der Waals surface area contributed by atoms with Crippen LogP contribution in [0, 0.1) is 5.92 Å².